The second-order valence-electron chi connectivity index (χ2n) is 5.12. The van der Waals surface area contributed by atoms with Gasteiger partial charge in [-0.15, -0.1) is 0 Å². The lowest BCUT2D eigenvalue weighted by molar-refractivity contribution is 0.102. The number of hydrogen-bond donors (Lipinski definition) is 2. The molecule has 2 aromatic carbocycles. The summed E-state index contributed by atoms with van der Waals surface area (Å²) in [7, 11) is 1.58. The van der Waals surface area contributed by atoms with E-state index < -0.39 is 0 Å². The predicted octanol–water partition coefficient (Wildman–Crippen LogP) is 2.48. The number of hydrogen-bond acceptors (Lipinski definition) is 3. The van der Waals surface area contributed by atoms with E-state index in [1.807, 2.05) is 12.1 Å². The molecule has 1 fully saturated rings. The minimum atomic E-state index is -0.212. The number of carbonyl (C=O) groups is 2. The molecule has 6 nitrogen and oxygen atoms in total. The lowest BCUT2D eigenvalue weighted by Gasteiger charge is -2.14. The highest BCUT2D eigenvalue weighted by molar-refractivity contribution is 6.04. The number of carbonyl (C=O) groups excluding carboxylic acids is 2. The first-order chi connectivity index (χ1) is 11.2. The minimum absolute atomic E-state index is 0.112. The van der Waals surface area contributed by atoms with Crippen LogP contribution in [-0.4, -0.2) is 32.1 Å². The van der Waals surface area contributed by atoms with Gasteiger partial charge in [0.05, 0.1) is 7.11 Å². The number of nitrogens with one attached hydrogen (secondary N) is 2. The van der Waals surface area contributed by atoms with Gasteiger partial charge in [0.15, 0.2) is 0 Å². The number of amides is 3. The highest BCUT2D eigenvalue weighted by Gasteiger charge is 2.21. The molecule has 3 amide bonds. The zero-order valence-corrected chi connectivity index (χ0v) is 12.7. The number of urea groups is 1. The molecule has 0 saturated carbocycles. The second kappa shape index (κ2) is 6.39. The molecule has 1 saturated heterocycles. The molecule has 2 N–H and O–H groups in total. The minimum Gasteiger partial charge on any atom is -0.497 e. The first-order valence-corrected chi connectivity index (χ1v) is 7.28. The van der Waals surface area contributed by atoms with Crippen LogP contribution in [0.1, 0.15) is 10.4 Å². The van der Waals surface area contributed by atoms with Gasteiger partial charge in [-0.05, 0) is 36.4 Å². The molecular formula is C17H17N3O3. The molecule has 1 aliphatic heterocycles. The molecule has 1 aliphatic rings. The van der Waals surface area contributed by atoms with Gasteiger partial charge in [-0.2, -0.15) is 0 Å². The maximum atomic E-state index is 12.3. The summed E-state index contributed by atoms with van der Waals surface area (Å²) in [5.41, 5.74) is 1.96. The third-order valence-corrected chi connectivity index (χ3v) is 3.63. The van der Waals surface area contributed by atoms with Crippen LogP contribution in [0.5, 0.6) is 5.75 Å². The van der Waals surface area contributed by atoms with E-state index in [1.54, 1.807) is 48.4 Å². The summed E-state index contributed by atoms with van der Waals surface area (Å²) in [5, 5.41) is 5.56. The average molecular weight is 311 g/mol. The van der Waals surface area contributed by atoms with Gasteiger partial charge in [0, 0.05) is 36.1 Å². The quantitative estimate of drug-likeness (QED) is 0.911. The van der Waals surface area contributed by atoms with Crippen molar-refractivity contribution >= 4 is 23.3 Å². The molecule has 0 spiro atoms. The summed E-state index contributed by atoms with van der Waals surface area (Å²) in [6.07, 6.45) is 0. The monoisotopic (exact) mass is 311 g/mol. The predicted molar refractivity (Wildman–Crippen MR) is 88.1 cm³/mol. The lowest BCUT2D eigenvalue weighted by Crippen LogP contribution is -2.27. The van der Waals surface area contributed by atoms with Crippen LogP contribution in [0.15, 0.2) is 48.5 Å². The van der Waals surface area contributed by atoms with Crippen LogP contribution < -0.4 is 20.3 Å². The Bertz CT molecular complexity index is 728. The molecule has 0 aromatic heterocycles. The fraction of sp³-hybridized carbons (Fsp3) is 0.176. The van der Waals surface area contributed by atoms with E-state index in [0.717, 1.165) is 5.69 Å². The third kappa shape index (κ3) is 3.26. The molecule has 0 atom stereocenters. The van der Waals surface area contributed by atoms with Crippen LogP contribution in [0.25, 0.3) is 0 Å². The van der Waals surface area contributed by atoms with Crippen LogP contribution in [0.4, 0.5) is 16.2 Å². The number of methoxy groups -OCH3 is 1. The Balaban J connectivity index is 1.71. The lowest BCUT2D eigenvalue weighted by atomic mass is 10.1. The molecule has 0 aliphatic carbocycles. The average Bonchev–Trinajstić information content (AvgIpc) is 3.01. The van der Waals surface area contributed by atoms with Crippen LogP contribution in [0.2, 0.25) is 0 Å². The fourth-order valence-electron chi connectivity index (χ4n) is 2.41. The first kappa shape index (κ1) is 14.9. The Morgan fingerprint density at radius 1 is 1.22 bits per heavy atom. The molecule has 0 radical (unpaired) electrons. The van der Waals surface area contributed by atoms with Crippen LogP contribution in [0.3, 0.4) is 0 Å². The zero-order chi connectivity index (χ0) is 16.2. The van der Waals surface area contributed by atoms with Gasteiger partial charge in [-0.25, -0.2) is 4.79 Å². The van der Waals surface area contributed by atoms with E-state index in [9.17, 15) is 9.59 Å². The van der Waals surface area contributed by atoms with E-state index >= 15 is 0 Å². The van der Waals surface area contributed by atoms with Crippen molar-refractivity contribution in [2.24, 2.45) is 0 Å². The van der Waals surface area contributed by atoms with Gasteiger partial charge in [-0.3, -0.25) is 9.69 Å². The van der Waals surface area contributed by atoms with Crippen molar-refractivity contribution in [3.8, 4) is 5.75 Å². The Morgan fingerprint density at radius 3 is 2.65 bits per heavy atom. The number of anilines is 2. The largest absolute Gasteiger partial charge is 0.497 e. The maximum absolute atomic E-state index is 12.3. The zero-order valence-electron chi connectivity index (χ0n) is 12.7. The molecule has 6 heteroatoms. The summed E-state index contributed by atoms with van der Waals surface area (Å²) in [6, 6.07) is 14.0. The second-order valence-corrected chi connectivity index (χ2v) is 5.12. The van der Waals surface area contributed by atoms with Crippen molar-refractivity contribution in [3.63, 3.8) is 0 Å². The normalized spacial score (nSPS) is 13.6. The van der Waals surface area contributed by atoms with Gasteiger partial charge < -0.3 is 15.4 Å². The van der Waals surface area contributed by atoms with E-state index in [-0.39, 0.29) is 11.9 Å². The number of rotatable bonds is 4. The highest BCUT2D eigenvalue weighted by Crippen LogP contribution is 2.20. The number of nitrogens with zero attached hydrogens (tertiary/aromatic N) is 1. The van der Waals surface area contributed by atoms with E-state index in [4.69, 9.17) is 4.74 Å². The van der Waals surface area contributed by atoms with E-state index in [2.05, 4.69) is 10.6 Å². The topological polar surface area (TPSA) is 70.7 Å². The summed E-state index contributed by atoms with van der Waals surface area (Å²) >= 11 is 0. The summed E-state index contributed by atoms with van der Waals surface area (Å²) < 4.78 is 5.13. The van der Waals surface area contributed by atoms with Gasteiger partial charge >= 0.3 is 6.03 Å². The SMILES string of the molecule is COc1cccc(NC(=O)c2ccc(N3CCNC3=O)cc2)c1. The van der Waals surface area contributed by atoms with Crippen LogP contribution in [-0.2, 0) is 0 Å². The Kier molecular flexibility index (Phi) is 4.14. The molecule has 3 rings (SSSR count). The summed E-state index contributed by atoms with van der Waals surface area (Å²) in [6.45, 7) is 1.27. The number of benzene rings is 2. The van der Waals surface area contributed by atoms with Crippen molar-refractivity contribution in [3.05, 3.63) is 54.1 Å². The summed E-state index contributed by atoms with van der Waals surface area (Å²) in [5.74, 6) is 0.467. The highest BCUT2D eigenvalue weighted by atomic mass is 16.5. The Labute approximate surface area is 134 Å². The molecule has 0 bridgehead atoms. The smallest absolute Gasteiger partial charge is 0.321 e. The first-order valence-electron chi connectivity index (χ1n) is 7.28. The molecule has 1 heterocycles. The standard InChI is InChI=1S/C17H17N3O3/c1-23-15-4-2-3-13(11-15)19-16(21)12-5-7-14(8-6-12)20-10-9-18-17(20)22/h2-8,11H,9-10H2,1H3,(H,18,22)(H,19,21). The fourth-order valence-corrected chi connectivity index (χ4v) is 2.41. The molecule has 0 unspecified atom stereocenters. The van der Waals surface area contributed by atoms with Crippen molar-refractivity contribution in [1.29, 1.82) is 0 Å². The van der Waals surface area contributed by atoms with Gasteiger partial charge in [-0.1, -0.05) is 6.07 Å². The van der Waals surface area contributed by atoms with Crippen LogP contribution >= 0.6 is 0 Å². The number of ether oxygens (including phenoxy) is 1. The van der Waals surface area contributed by atoms with Crippen molar-refractivity contribution in [2.45, 2.75) is 0 Å². The Hall–Kier alpha value is -3.02. The van der Waals surface area contributed by atoms with Crippen LogP contribution in [0, 0.1) is 0 Å². The van der Waals surface area contributed by atoms with Crippen molar-refractivity contribution < 1.29 is 14.3 Å². The van der Waals surface area contributed by atoms with Crippen molar-refractivity contribution in [1.82, 2.24) is 5.32 Å². The van der Waals surface area contributed by atoms with Crippen molar-refractivity contribution in [2.75, 3.05) is 30.4 Å². The van der Waals surface area contributed by atoms with E-state index in [0.29, 0.717) is 30.1 Å². The summed E-state index contributed by atoms with van der Waals surface area (Å²) in [4.78, 5) is 25.5. The maximum Gasteiger partial charge on any atom is 0.321 e. The third-order valence-electron chi connectivity index (χ3n) is 3.63. The molecule has 2 aromatic rings. The van der Waals surface area contributed by atoms with Gasteiger partial charge in [0.2, 0.25) is 0 Å². The van der Waals surface area contributed by atoms with Gasteiger partial charge in [0.1, 0.15) is 5.75 Å². The Morgan fingerprint density at radius 2 is 2.00 bits per heavy atom. The molecule has 118 valence electrons. The van der Waals surface area contributed by atoms with E-state index in [1.165, 1.54) is 0 Å². The van der Waals surface area contributed by atoms with Gasteiger partial charge in [0.25, 0.3) is 5.91 Å². The molecular weight excluding hydrogens is 294 g/mol. The molecule has 23 heavy (non-hydrogen) atoms.